The molecule has 0 aliphatic heterocycles. The van der Waals surface area contributed by atoms with Crippen LogP contribution in [0.5, 0.6) is 5.88 Å². The van der Waals surface area contributed by atoms with Gasteiger partial charge in [-0.25, -0.2) is 0 Å². The number of aromatic nitrogens is 4. The van der Waals surface area contributed by atoms with E-state index in [1.54, 1.807) is 19.2 Å². The molecule has 3 rings (SSSR count). The number of hydrogen-bond donors (Lipinski definition) is 1. The van der Waals surface area contributed by atoms with Crippen molar-refractivity contribution >= 4 is 0 Å². The van der Waals surface area contributed by atoms with E-state index >= 15 is 0 Å². The van der Waals surface area contributed by atoms with Gasteiger partial charge in [-0.2, -0.15) is 4.98 Å². The molecule has 7 nitrogen and oxygen atoms in total. The van der Waals surface area contributed by atoms with Crippen LogP contribution >= 0.6 is 0 Å². The van der Waals surface area contributed by atoms with Crippen LogP contribution in [0.1, 0.15) is 43.9 Å². The topological polar surface area (TPSA) is 100.0 Å². The quantitative estimate of drug-likeness (QED) is 0.861. The summed E-state index contributed by atoms with van der Waals surface area (Å²) in [5.74, 6) is 1.64. The molecular formula is C14H19N5O2. The highest BCUT2D eigenvalue weighted by atomic mass is 16.5. The molecule has 1 saturated carbocycles. The summed E-state index contributed by atoms with van der Waals surface area (Å²) < 4.78 is 10.4. The Morgan fingerprint density at radius 1 is 1.19 bits per heavy atom. The molecule has 2 unspecified atom stereocenters. The summed E-state index contributed by atoms with van der Waals surface area (Å²) in [6, 6.07) is 3.56. The summed E-state index contributed by atoms with van der Waals surface area (Å²) in [7, 11) is 1.55. The maximum Gasteiger partial charge on any atom is 0.233 e. The third-order valence-corrected chi connectivity index (χ3v) is 3.91. The number of nitrogens with two attached hydrogens (primary N) is 1. The van der Waals surface area contributed by atoms with Gasteiger partial charge in [0, 0.05) is 12.1 Å². The molecule has 0 aromatic carbocycles. The molecule has 1 fully saturated rings. The molecule has 21 heavy (non-hydrogen) atoms. The third-order valence-electron chi connectivity index (χ3n) is 3.91. The lowest BCUT2D eigenvalue weighted by Gasteiger charge is -2.16. The smallest absolute Gasteiger partial charge is 0.233 e. The summed E-state index contributed by atoms with van der Waals surface area (Å²) in [6.07, 6.45) is 5.54. The maximum atomic E-state index is 6.22. The van der Waals surface area contributed by atoms with Gasteiger partial charge in [0.05, 0.1) is 13.0 Å². The Hall–Kier alpha value is -2.02. The van der Waals surface area contributed by atoms with Crippen LogP contribution in [-0.2, 0) is 0 Å². The predicted molar refractivity (Wildman–Crippen MR) is 75.7 cm³/mol. The van der Waals surface area contributed by atoms with Crippen molar-refractivity contribution in [1.82, 2.24) is 20.3 Å². The van der Waals surface area contributed by atoms with Crippen molar-refractivity contribution in [2.75, 3.05) is 7.11 Å². The van der Waals surface area contributed by atoms with Gasteiger partial charge in [0.25, 0.3) is 0 Å². The first-order valence-electron chi connectivity index (χ1n) is 7.25. The van der Waals surface area contributed by atoms with Crippen LogP contribution in [0.15, 0.2) is 16.7 Å². The molecule has 0 amide bonds. The summed E-state index contributed by atoms with van der Waals surface area (Å²) >= 11 is 0. The lowest BCUT2D eigenvalue weighted by Crippen LogP contribution is -2.27. The monoisotopic (exact) mass is 289 g/mol. The van der Waals surface area contributed by atoms with Gasteiger partial charge in [-0.15, -0.1) is 10.2 Å². The average molecular weight is 289 g/mol. The zero-order valence-electron chi connectivity index (χ0n) is 12.0. The average Bonchev–Trinajstić information content (AvgIpc) is 2.90. The van der Waals surface area contributed by atoms with E-state index in [0.29, 0.717) is 23.3 Å². The number of rotatable bonds is 3. The van der Waals surface area contributed by atoms with Crippen molar-refractivity contribution in [3.05, 3.63) is 18.0 Å². The van der Waals surface area contributed by atoms with Crippen LogP contribution in [0.3, 0.4) is 0 Å². The zero-order valence-corrected chi connectivity index (χ0v) is 12.0. The van der Waals surface area contributed by atoms with Gasteiger partial charge in [-0.3, -0.25) is 0 Å². The molecule has 112 valence electrons. The summed E-state index contributed by atoms with van der Waals surface area (Å²) in [5, 5.41) is 11.9. The number of methoxy groups -OCH3 is 1. The second-order valence-corrected chi connectivity index (χ2v) is 5.33. The second kappa shape index (κ2) is 6.17. The van der Waals surface area contributed by atoms with E-state index in [1.165, 1.54) is 12.8 Å². The Balaban J connectivity index is 1.81. The van der Waals surface area contributed by atoms with Crippen molar-refractivity contribution < 1.29 is 9.26 Å². The van der Waals surface area contributed by atoms with Crippen molar-refractivity contribution in [2.24, 2.45) is 5.73 Å². The SMILES string of the molecule is COc1ccc(-c2noc(C3CCCCCC3N)n2)nn1. The molecule has 2 atom stereocenters. The second-order valence-electron chi connectivity index (χ2n) is 5.33. The molecule has 1 aliphatic rings. The molecule has 7 heteroatoms. The Bertz CT molecular complexity index is 583. The lowest BCUT2D eigenvalue weighted by atomic mass is 9.95. The van der Waals surface area contributed by atoms with Crippen molar-refractivity contribution in [3.63, 3.8) is 0 Å². The summed E-state index contributed by atoms with van der Waals surface area (Å²) in [5.41, 5.74) is 6.79. The highest BCUT2D eigenvalue weighted by molar-refractivity contribution is 5.47. The molecule has 1 aliphatic carbocycles. The van der Waals surface area contributed by atoms with Gasteiger partial charge >= 0.3 is 0 Å². The van der Waals surface area contributed by atoms with E-state index in [9.17, 15) is 0 Å². The van der Waals surface area contributed by atoms with Crippen molar-refractivity contribution in [3.8, 4) is 17.4 Å². The molecule has 0 bridgehead atoms. The Kier molecular flexibility index (Phi) is 4.10. The van der Waals surface area contributed by atoms with E-state index in [0.717, 1.165) is 19.3 Å². The molecule has 2 heterocycles. The maximum absolute atomic E-state index is 6.22. The number of hydrogen-bond acceptors (Lipinski definition) is 7. The minimum Gasteiger partial charge on any atom is -0.480 e. The van der Waals surface area contributed by atoms with E-state index in [2.05, 4.69) is 20.3 Å². The van der Waals surface area contributed by atoms with Crippen LogP contribution in [0.4, 0.5) is 0 Å². The normalized spacial score (nSPS) is 22.8. The molecule has 0 saturated heterocycles. The fraction of sp³-hybridized carbons (Fsp3) is 0.571. The fourth-order valence-corrected chi connectivity index (χ4v) is 2.68. The molecule has 2 aromatic rings. The molecule has 0 radical (unpaired) electrons. The van der Waals surface area contributed by atoms with E-state index in [-0.39, 0.29) is 12.0 Å². The highest BCUT2D eigenvalue weighted by Crippen LogP contribution is 2.30. The van der Waals surface area contributed by atoms with Crippen LogP contribution in [0.2, 0.25) is 0 Å². The standard InChI is InChI=1S/C14H19N5O2/c1-20-12-8-7-11(17-18-12)13-16-14(21-19-13)9-5-3-2-4-6-10(9)15/h7-10H,2-6,15H2,1H3. The van der Waals surface area contributed by atoms with E-state index < -0.39 is 0 Å². The fourth-order valence-electron chi connectivity index (χ4n) is 2.68. The first kappa shape index (κ1) is 13.9. The largest absolute Gasteiger partial charge is 0.480 e. The van der Waals surface area contributed by atoms with Gasteiger partial charge in [-0.1, -0.05) is 24.4 Å². The van der Waals surface area contributed by atoms with Gasteiger partial charge in [0.1, 0.15) is 5.69 Å². The number of ether oxygens (including phenoxy) is 1. The molecule has 0 spiro atoms. The third kappa shape index (κ3) is 3.02. The Morgan fingerprint density at radius 3 is 2.81 bits per heavy atom. The van der Waals surface area contributed by atoms with Crippen LogP contribution < -0.4 is 10.5 Å². The molecule has 2 aromatic heterocycles. The van der Waals surface area contributed by atoms with Crippen molar-refractivity contribution in [1.29, 1.82) is 0 Å². The Labute approximate surface area is 122 Å². The minimum absolute atomic E-state index is 0.0859. The van der Waals surface area contributed by atoms with Crippen LogP contribution in [0, 0.1) is 0 Å². The molecule has 2 N–H and O–H groups in total. The van der Waals surface area contributed by atoms with Crippen LogP contribution in [-0.4, -0.2) is 33.5 Å². The number of nitrogens with zero attached hydrogens (tertiary/aromatic N) is 4. The van der Waals surface area contributed by atoms with Gasteiger partial charge < -0.3 is 15.0 Å². The predicted octanol–water partition coefficient (Wildman–Crippen LogP) is 1.91. The van der Waals surface area contributed by atoms with E-state index in [4.69, 9.17) is 15.0 Å². The van der Waals surface area contributed by atoms with Gasteiger partial charge in [0.15, 0.2) is 0 Å². The van der Waals surface area contributed by atoms with E-state index in [1.807, 2.05) is 0 Å². The van der Waals surface area contributed by atoms with Gasteiger partial charge in [-0.05, 0) is 18.9 Å². The Morgan fingerprint density at radius 2 is 2.05 bits per heavy atom. The lowest BCUT2D eigenvalue weighted by molar-refractivity contribution is 0.326. The first-order valence-corrected chi connectivity index (χ1v) is 7.25. The zero-order chi connectivity index (χ0) is 14.7. The molecular weight excluding hydrogens is 270 g/mol. The summed E-state index contributed by atoms with van der Waals surface area (Å²) in [6.45, 7) is 0. The van der Waals surface area contributed by atoms with Crippen LogP contribution in [0.25, 0.3) is 11.5 Å². The first-order chi connectivity index (χ1) is 10.3. The van der Waals surface area contributed by atoms with Crippen molar-refractivity contribution in [2.45, 2.75) is 44.1 Å². The van der Waals surface area contributed by atoms with Gasteiger partial charge in [0.2, 0.25) is 17.6 Å². The summed E-state index contributed by atoms with van der Waals surface area (Å²) in [4.78, 5) is 4.45. The minimum atomic E-state index is 0.0859. The highest BCUT2D eigenvalue weighted by Gasteiger charge is 2.27.